The Balaban J connectivity index is 1.71. The second-order valence-electron chi connectivity index (χ2n) is 6.39. The van der Waals surface area contributed by atoms with E-state index in [-0.39, 0.29) is 6.61 Å². The van der Waals surface area contributed by atoms with Gasteiger partial charge in [0.05, 0.1) is 29.2 Å². The first kappa shape index (κ1) is 16.6. The van der Waals surface area contributed by atoms with Gasteiger partial charge in [0.1, 0.15) is 5.84 Å². The molecular weight excluding hydrogens is 332 g/mol. The van der Waals surface area contributed by atoms with Crippen LogP contribution < -0.4 is 4.90 Å². The molecule has 25 heavy (non-hydrogen) atoms. The minimum Gasteiger partial charge on any atom is -0.395 e. The number of aliphatic imine (C=N–C) groups is 1. The summed E-state index contributed by atoms with van der Waals surface area (Å²) in [5.74, 6) is 1.09. The molecule has 1 aromatic heterocycles. The molecule has 2 aliphatic rings. The van der Waals surface area contributed by atoms with Crippen LogP contribution in [0.4, 0.5) is 17.1 Å². The molecule has 2 aromatic rings. The Morgan fingerprint density at radius 2 is 1.88 bits per heavy atom. The van der Waals surface area contributed by atoms with Gasteiger partial charge in [-0.15, -0.1) is 11.3 Å². The van der Waals surface area contributed by atoms with Crippen LogP contribution in [0.1, 0.15) is 12.5 Å². The van der Waals surface area contributed by atoms with Gasteiger partial charge in [-0.05, 0) is 19.1 Å². The van der Waals surface area contributed by atoms with Gasteiger partial charge < -0.3 is 14.9 Å². The SMILES string of the molecule is CCN1c2ccccc2N=C(N2CCN(CCO)CC2)c2cscc21. The Morgan fingerprint density at radius 3 is 2.64 bits per heavy atom. The van der Waals surface area contributed by atoms with Crippen molar-refractivity contribution in [3.63, 3.8) is 0 Å². The molecule has 0 aliphatic carbocycles. The van der Waals surface area contributed by atoms with E-state index in [1.54, 1.807) is 11.3 Å². The molecule has 4 rings (SSSR count). The lowest BCUT2D eigenvalue weighted by Gasteiger charge is -2.36. The van der Waals surface area contributed by atoms with Crippen molar-refractivity contribution in [1.29, 1.82) is 0 Å². The summed E-state index contributed by atoms with van der Waals surface area (Å²) in [6.07, 6.45) is 0. The van der Waals surface area contributed by atoms with Crippen molar-refractivity contribution in [2.24, 2.45) is 4.99 Å². The van der Waals surface area contributed by atoms with Crippen LogP contribution in [0.2, 0.25) is 0 Å². The second kappa shape index (κ2) is 7.15. The third-order valence-electron chi connectivity index (χ3n) is 4.98. The van der Waals surface area contributed by atoms with Crippen molar-refractivity contribution in [2.75, 3.05) is 50.8 Å². The molecule has 1 saturated heterocycles. The third kappa shape index (κ3) is 3.05. The molecule has 1 N–H and O–H groups in total. The van der Waals surface area contributed by atoms with E-state index < -0.39 is 0 Å². The second-order valence-corrected chi connectivity index (χ2v) is 7.13. The molecular formula is C19H24N4OS. The van der Waals surface area contributed by atoms with Gasteiger partial charge >= 0.3 is 0 Å². The number of β-amino-alcohol motifs (C(OH)–C–C–N with tert-alkyl or cyclic N) is 1. The van der Waals surface area contributed by atoms with Crippen molar-refractivity contribution in [3.8, 4) is 0 Å². The van der Waals surface area contributed by atoms with Crippen molar-refractivity contribution in [2.45, 2.75) is 6.92 Å². The van der Waals surface area contributed by atoms with Gasteiger partial charge in [-0.25, -0.2) is 4.99 Å². The van der Waals surface area contributed by atoms with E-state index in [4.69, 9.17) is 10.1 Å². The number of nitrogens with zero attached hydrogens (tertiary/aromatic N) is 4. The predicted octanol–water partition coefficient (Wildman–Crippen LogP) is 2.91. The monoisotopic (exact) mass is 356 g/mol. The van der Waals surface area contributed by atoms with Crippen LogP contribution in [0.25, 0.3) is 0 Å². The zero-order chi connectivity index (χ0) is 17.2. The fourth-order valence-electron chi connectivity index (χ4n) is 3.66. The molecule has 0 saturated carbocycles. The zero-order valence-corrected chi connectivity index (χ0v) is 15.4. The van der Waals surface area contributed by atoms with E-state index in [9.17, 15) is 0 Å². The average molecular weight is 356 g/mol. The van der Waals surface area contributed by atoms with Crippen LogP contribution in [0, 0.1) is 0 Å². The maximum absolute atomic E-state index is 9.16. The first-order valence-corrected chi connectivity index (χ1v) is 9.86. The summed E-state index contributed by atoms with van der Waals surface area (Å²) in [5.41, 5.74) is 4.71. The summed E-state index contributed by atoms with van der Waals surface area (Å²) in [6.45, 7) is 7.94. The number of piperazine rings is 1. The van der Waals surface area contributed by atoms with Crippen molar-refractivity contribution in [1.82, 2.24) is 9.80 Å². The highest BCUT2D eigenvalue weighted by atomic mass is 32.1. The van der Waals surface area contributed by atoms with Crippen molar-refractivity contribution in [3.05, 3.63) is 40.6 Å². The molecule has 0 radical (unpaired) electrons. The fraction of sp³-hybridized carbons (Fsp3) is 0.421. The van der Waals surface area contributed by atoms with E-state index in [1.165, 1.54) is 16.9 Å². The fourth-order valence-corrected chi connectivity index (χ4v) is 4.48. The molecule has 0 spiro atoms. The summed E-state index contributed by atoms with van der Waals surface area (Å²) in [5, 5.41) is 13.6. The maximum Gasteiger partial charge on any atom is 0.139 e. The molecule has 5 nitrogen and oxygen atoms in total. The molecule has 0 unspecified atom stereocenters. The number of aliphatic hydroxyl groups excluding tert-OH is 1. The molecule has 0 bridgehead atoms. The van der Waals surface area contributed by atoms with E-state index >= 15 is 0 Å². The molecule has 6 heteroatoms. The van der Waals surface area contributed by atoms with Crippen LogP contribution in [-0.2, 0) is 0 Å². The Hall–Kier alpha value is -1.89. The minimum absolute atomic E-state index is 0.231. The number of para-hydroxylation sites is 2. The smallest absolute Gasteiger partial charge is 0.139 e. The number of anilines is 2. The lowest BCUT2D eigenvalue weighted by Crippen LogP contribution is -2.49. The average Bonchev–Trinajstić information content (AvgIpc) is 3.07. The Labute approximate surface area is 152 Å². The highest BCUT2D eigenvalue weighted by Crippen LogP contribution is 2.41. The molecule has 2 aliphatic heterocycles. The van der Waals surface area contributed by atoms with E-state index in [0.29, 0.717) is 0 Å². The van der Waals surface area contributed by atoms with Crippen molar-refractivity contribution >= 4 is 34.2 Å². The standard InChI is InChI=1S/C19H24N4OS/c1-2-23-17-6-4-3-5-16(17)20-19(15-13-25-14-18(15)23)22-9-7-21(8-10-22)11-12-24/h3-6,13-14,24H,2,7-12H2,1H3. The number of fused-ring (bicyclic) bond motifs is 2. The number of aliphatic hydroxyl groups is 1. The predicted molar refractivity (Wildman–Crippen MR) is 105 cm³/mol. The van der Waals surface area contributed by atoms with Gasteiger partial charge in [0.25, 0.3) is 0 Å². The van der Waals surface area contributed by atoms with Crippen molar-refractivity contribution < 1.29 is 5.11 Å². The summed E-state index contributed by atoms with van der Waals surface area (Å²) in [4.78, 5) is 12.2. The summed E-state index contributed by atoms with van der Waals surface area (Å²) in [7, 11) is 0. The number of amidine groups is 1. The Morgan fingerprint density at radius 1 is 1.08 bits per heavy atom. The number of thiophene rings is 1. The van der Waals surface area contributed by atoms with Crippen LogP contribution in [0.15, 0.2) is 40.0 Å². The van der Waals surface area contributed by atoms with Gasteiger partial charge in [-0.2, -0.15) is 0 Å². The van der Waals surface area contributed by atoms with E-state index in [1.807, 2.05) is 0 Å². The van der Waals surface area contributed by atoms with E-state index in [2.05, 4.69) is 56.6 Å². The highest BCUT2D eigenvalue weighted by molar-refractivity contribution is 7.08. The van der Waals surface area contributed by atoms with Crippen LogP contribution in [0.5, 0.6) is 0 Å². The quantitative estimate of drug-likeness (QED) is 0.918. The van der Waals surface area contributed by atoms with Crippen LogP contribution in [-0.4, -0.2) is 66.6 Å². The zero-order valence-electron chi connectivity index (χ0n) is 14.6. The minimum atomic E-state index is 0.231. The van der Waals surface area contributed by atoms with Gasteiger partial charge in [0, 0.05) is 50.0 Å². The van der Waals surface area contributed by atoms with Crippen LogP contribution in [0.3, 0.4) is 0 Å². The van der Waals surface area contributed by atoms with Gasteiger partial charge in [0.15, 0.2) is 0 Å². The normalized spacial score (nSPS) is 17.8. The topological polar surface area (TPSA) is 42.3 Å². The van der Waals surface area contributed by atoms with Crippen LogP contribution >= 0.6 is 11.3 Å². The third-order valence-corrected chi connectivity index (χ3v) is 5.71. The number of rotatable bonds is 3. The number of benzene rings is 1. The van der Waals surface area contributed by atoms with E-state index in [0.717, 1.165) is 50.8 Å². The van der Waals surface area contributed by atoms with Gasteiger partial charge in [-0.3, -0.25) is 4.90 Å². The number of hydrogen-bond donors (Lipinski definition) is 1. The lowest BCUT2D eigenvalue weighted by molar-refractivity contribution is 0.147. The lowest BCUT2D eigenvalue weighted by atomic mass is 10.2. The largest absolute Gasteiger partial charge is 0.395 e. The maximum atomic E-state index is 9.16. The summed E-state index contributed by atoms with van der Waals surface area (Å²) >= 11 is 1.74. The molecule has 132 valence electrons. The molecule has 3 heterocycles. The Bertz CT molecular complexity index is 764. The number of hydrogen-bond acceptors (Lipinski definition) is 6. The molecule has 0 amide bonds. The first-order chi connectivity index (χ1) is 12.3. The Kier molecular flexibility index (Phi) is 4.74. The van der Waals surface area contributed by atoms with Gasteiger partial charge in [-0.1, -0.05) is 12.1 Å². The highest BCUT2D eigenvalue weighted by Gasteiger charge is 2.27. The molecule has 1 aromatic carbocycles. The molecule has 0 atom stereocenters. The first-order valence-electron chi connectivity index (χ1n) is 8.91. The molecule has 1 fully saturated rings. The summed E-state index contributed by atoms with van der Waals surface area (Å²) < 4.78 is 0. The summed E-state index contributed by atoms with van der Waals surface area (Å²) in [6, 6.07) is 8.41. The van der Waals surface area contributed by atoms with Gasteiger partial charge in [0.2, 0.25) is 0 Å².